The van der Waals surface area contributed by atoms with Crippen LogP contribution < -0.4 is 22.5 Å². The van der Waals surface area contributed by atoms with E-state index < -0.39 is 0 Å². The number of nitrogens with one attached hydrogen (secondary N) is 1. The molecule has 4 nitrogen and oxygen atoms in total. The van der Waals surface area contributed by atoms with Crippen LogP contribution in [0.1, 0.15) is 20.3 Å². The fourth-order valence-electron chi connectivity index (χ4n) is 0.966. The summed E-state index contributed by atoms with van der Waals surface area (Å²) in [5, 5.41) is 3.26. The highest BCUT2D eigenvalue weighted by Crippen LogP contribution is 1.93. The molecule has 0 aliphatic heterocycles. The fraction of sp³-hybridized carbons (Fsp3) is 1.00. The Labute approximate surface area is 74.9 Å². The van der Waals surface area contributed by atoms with Crippen molar-refractivity contribution in [1.82, 2.24) is 5.32 Å². The standard InChI is InChI=1S/C8H22N4/c1-6(10)5-12-7(2)8(11)3-4-9/h6-8,12H,3-5,9-11H2,1-2H3. The normalized spacial score (nSPS) is 18.8. The second-order valence-corrected chi connectivity index (χ2v) is 3.42. The Hall–Kier alpha value is -0.160. The van der Waals surface area contributed by atoms with E-state index in [2.05, 4.69) is 12.2 Å². The van der Waals surface area contributed by atoms with Gasteiger partial charge in [0.15, 0.2) is 0 Å². The lowest BCUT2D eigenvalue weighted by Gasteiger charge is -2.21. The zero-order valence-electron chi connectivity index (χ0n) is 8.09. The molecule has 12 heavy (non-hydrogen) atoms. The molecule has 0 fully saturated rings. The van der Waals surface area contributed by atoms with Gasteiger partial charge in [0, 0.05) is 24.7 Å². The molecule has 0 spiro atoms. The van der Waals surface area contributed by atoms with Crippen LogP contribution in [0.5, 0.6) is 0 Å². The van der Waals surface area contributed by atoms with E-state index in [1.807, 2.05) is 6.92 Å². The quantitative estimate of drug-likeness (QED) is 0.415. The Balaban J connectivity index is 3.49. The second-order valence-electron chi connectivity index (χ2n) is 3.42. The van der Waals surface area contributed by atoms with Gasteiger partial charge in [-0.3, -0.25) is 0 Å². The maximum absolute atomic E-state index is 5.83. The zero-order chi connectivity index (χ0) is 9.56. The number of nitrogens with two attached hydrogens (primary N) is 3. The third-order valence-corrected chi connectivity index (χ3v) is 1.90. The molecular formula is C8H22N4. The molecule has 4 heteroatoms. The first-order valence-electron chi connectivity index (χ1n) is 4.52. The van der Waals surface area contributed by atoms with Gasteiger partial charge in [0.05, 0.1) is 0 Å². The maximum Gasteiger partial charge on any atom is 0.0203 e. The van der Waals surface area contributed by atoms with Gasteiger partial charge in [-0.2, -0.15) is 0 Å². The van der Waals surface area contributed by atoms with Gasteiger partial charge in [0.1, 0.15) is 0 Å². The molecule has 0 saturated carbocycles. The van der Waals surface area contributed by atoms with Crippen LogP contribution in [0.2, 0.25) is 0 Å². The van der Waals surface area contributed by atoms with E-state index in [1.54, 1.807) is 0 Å². The summed E-state index contributed by atoms with van der Waals surface area (Å²) >= 11 is 0. The summed E-state index contributed by atoms with van der Waals surface area (Å²) in [5.41, 5.74) is 16.8. The first kappa shape index (κ1) is 11.8. The average Bonchev–Trinajstić information content (AvgIpc) is 2.00. The highest BCUT2D eigenvalue weighted by atomic mass is 15.0. The zero-order valence-corrected chi connectivity index (χ0v) is 8.09. The molecule has 74 valence electrons. The molecule has 0 aliphatic rings. The van der Waals surface area contributed by atoms with Crippen LogP contribution in [-0.4, -0.2) is 31.2 Å². The summed E-state index contributed by atoms with van der Waals surface area (Å²) in [7, 11) is 0. The highest BCUT2D eigenvalue weighted by Gasteiger charge is 2.10. The van der Waals surface area contributed by atoms with E-state index in [9.17, 15) is 0 Å². The Bertz CT molecular complexity index is 105. The number of hydrogen-bond acceptors (Lipinski definition) is 4. The van der Waals surface area contributed by atoms with Gasteiger partial charge < -0.3 is 22.5 Å². The van der Waals surface area contributed by atoms with E-state index in [-0.39, 0.29) is 12.1 Å². The highest BCUT2D eigenvalue weighted by molar-refractivity contribution is 4.76. The van der Waals surface area contributed by atoms with Crippen LogP contribution in [-0.2, 0) is 0 Å². The average molecular weight is 174 g/mol. The van der Waals surface area contributed by atoms with E-state index in [0.717, 1.165) is 13.0 Å². The van der Waals surface area contributed by atoms with Crippen molar-refractivity contribution in [2.24, 2.45) is 17.2 Å². The molecule has 3 atom stereocenters. The molecule has 0 aromatic heterocycles. The SMILES string of the molecule is CC(N)CNC(C)C(N)CCN. The van der Waals surface area contributed by atoms with Crippen molar-refractivity contribution in [3.8, 4) is 0 Å². The van der Waals surface area contributed by atoms with Gasteiger partial charge in [-0.1, -0.05) is 0 Å². The van der Waals surface area contributed by atoms with Crippen molar-refractivity contribution in [2.45, 2.75) is 38.4 Å². The van der Waals surface area contributed by atoms with Gasteiger partial charge in [-0.15, -0.1) is 0 Å². The third-order valence-electron chi connectivity index (χ3n) is 1.90. The molecule has 0 radical (unpaired) electrons. The lowest BCUT2D eigenvalue weighted by molar-refractivity contribution is 0.428. The van der Waals surface area contributed by atoms with Gasteiger partial charge >= 0.3 is 0 Å². The van der Waals surface area contributed by atoms with E-state index in [1.165, 1.54) is 0 Å². The molecule has 0 rings (SSSR count). The fourth-order valence-corrected chi connectivity index (χ4v) is 0.966. The summed E-state index contributed by atoms with van der Waals surface area (Å²) in [4.78, 5) is 0. The van der Waals surface area contributed by atoms with Crippen LogP contribution >= 0.6 is 0 Å². The molecule has 0 saturated heterocycles. The molecule has 0 aromatic carbocycles. The lowest BCUT2D eigenvalue weighted by Crippen LogP contribution is -2.47. The topological polar surface area (TPSA) is 90.1 Å². The minimum atomic E-state index is 0.133. The first-order chi connectivity index (χ1) is 5.57. The van der Waals surface area contributed by atoms with Crippen molar-refractivity contribution in [2.75, 3.05) is 13.1 Å². The van der Waals surface area contributed by atoms with Gasteiger partial charge in [0.2, 0.25) is 0 Å². The lowest BCUT2D eigenvalue weighted by atomic mass is 10.1. The van der Waals surface area contributed by atoms with Crippen LogP contribution in [0, 0.1) is 0 Å². The summed E-state index contributed by atoms with van der Waals surface area (Å²) < 4.78 is 0. The predicted molar refractivity (Wildman–Crippen MR) is 52.8 cm³/mol. The molecule has 0 amide bonds. The van der Waals surface area contributed by atoms with Crippen molar-refractivity contribution in [3.05, 3.63) is 0 Å². The van der Waals surface area contributed by atoms with E-state index in [4.69, 9.17) is 17.2 Å². The van der Waals surface area contributed by atoms with Gasteiger partial charge in [-0.05, 0) is 26.8 Å². The van der Waals surface area contributed by atoms with Crippen molar-refractivity contribution in [3.63, 3.8) is 0 Å². The summed E-state index contributed by atoms with van der Waals surface area (Å²) in [6.07, 6.45) is 0.854. The van der Waals surface area contributed by atoms with Crippen molar-refractivity contribution < 1.29 is 0 Å². The monoisotopic (exact) mass is 174 g/mol. The van der Waals surface area contributed by atoms with Crippen LogP contribution in [0.25, 0.3) is 0 Å². The Morgan fingerprint density at radius 3 is 2.25 bits per heavy atom. The Kier molecular flexibility index (Phi) is 6.28. The first-order valence-corrected chi connectivity index (χ1v) is 4.52. The minimum Gasteiger partial charge on any atom is -0.330 e. The van der Waals surface area contributed by atoms with Crippen LogP contribution in [0.3, 0.4) is 0 Å². The Morgan fingerprint density at radius 1 is 1.25 bits per heavy atom. The van der Waals surface area contributed by atoms with E-state index in [0.29, 0.717) is 12.6 Å². The number of rotatable bonds is 6. The molecule has 7 N–H and O–H groups in total. The summed E-state index contributed by atoms with van der Waals surface area (Å²) in [6, 6.07) is 0.603. The third kappa shape index (κ3) is 5.49. The summed E-state index contributed by atoms with van der Waals surface area (Å²) in [6.45, 7) is 5.47. The largest absolute Gasteiger partial charge is 0.330 e. The van der Waals surface area contributed by atoms with Gasteiger partial charge in [0.25, 0.3) is 0 Å². The summed E-state index contributed by atoms with van der Waals surface area (Å²) in [5.74, 6) is 0. The molecular weight excluding hydrogens is 152 g/mol. The van der Waals surface area contributed by atoms with Crippen LogP contribution in [0.15, 0.2) is 0 Å². The van der Waals surface area contributed by atoms with Crippen LogP contribution in [0.4, 0.5) is 0 Å². The minimum absolute atomic E-state index is 0.133. The molecule has 0 heterocycles. The molecule has 0 aromatic rings. The Morgan fingerprint density at radius 2 is 1.83 bits per heavy atom. The maximum atomic E-state index is 5.83. The molecule has 0 bridgehead atoms. The smallest absolute Gasteiger partial charge is 0.0203 e. The molecule has 0 aliphatic carbocycles. The number of hydrogen-bond donors (Lipinski definition) is 4. The predicted octanol–water partition coefficient (Wildman–Crippen LogP) is -1.01. The van der Waals surface area contributed by atoms with Gasteiger partial charge in [-0.25, -0.2) is 0 Å². The van der Waals surface area contributed by atoms with Crippen molar-refractivity contribution >= 4 is 0 Å². The van der Waals surface area contributed by atoms with E-state index >= 15 is 0 Å². The van der Waals surface area contributed by atoms with Crippen molar-refractivity contribution in [1.29, 1.82) is 0 Å². The molecule has 3 unspecified atom stereocenters. The second kappa shape index (κ2) is 6.37.